The first-order valence-electron chi connectivity index (χ1n) is 6.67. The molecular weight excluding hydrogens is 254 g/mol. The van der Waals surface area contributed by atoms with Gasteiger partial charge in [-0.1, -0.05) is 25.5 Å². The molecule has 0 saturated heterocycles. The van der Waals surface area contributed by atoms with Crippen LogP contribution in [0.5, 0.6) is 0 Å². The summed E-state index contributed by atoms with van der Waals surface area (Å²) in [6.07, 6.45) is 4.75. The summed E-state index contributed by atoms with van der Waals surface area (Å²) in [5, 5.41) is 6.86. The summed E-state index contributed by atoms with van der Waals surface area (Å²) < 4.78 is 1.74. The van der Waals surface area contributed by atoms with Gasteiger partial charge in [0.05, 0.1) is 12.6 Å². The monoisotopic (exact) mass is 273 g/mol. The number of nitrogens with two attached hydrogens (primary N) is 1. The quantitative estimate of drug-likeness (QED) is 0.832. The van der Waals surface area contributed by atoms with E-state index in [1.54, 1.807) is 11.0 Å². The second-order valence-electron chi connectivity index (χ2n) is 4.67. The number of carbonyl (C=O) groups is 1. The molecule has 1 aromatic carbocycles. The van der Waals surface area contributed by atoms with Crippen molar-refractivity contribution in [2.45, 2.75) is 32.4 Å². The van der Waals surface area contributed by atoms with Gasteiger partial charge in [0.15, 0.2) is 0 Å². The highest BCUT2D eigenvalue weighted by Crippen LogP contribution is 2.11. The van der Waals surface area contributed by atoms with Crippen molar-refractivity contribution < 1.29 is 4.79 Å². The minimum atomic E-state index is -0.449. The fourth-order valence-electron chi connectivity index (χ4n) is 1.87. The molecule has 0 aliphatic rings. The van der Waals surface area contributed by atoms with Gasteiger partial charge >= 0.3 is 0 Å². The van der Waals surface area contributed by atoms with Crippen LogP contribution in [0.15, 0.2) is 36.9 Å². The zero-order valence-electron chi connectivity index (χ0n) is 11.5. The van der Waals surface area contributed by atoms with E-state index in [-0.39, 0.29) is 5.91 Å². The molecule has 0 radical (unpaired) electrons. The van der Waals surface area contributed by atoms with Gasteiger partial charge in [-0.2, -0.15) is 5.10 Å². The van der Waals surface area contributed by atoms with Gasteiger partial charge in [0.2, 0.25) is 5.91 Å². The minimum absolute atomic E-state index is 0.143. The van der Waals surface area contributed by atoms with Gasteiger partial charge in [-0.3, -0.25) is 4.79 Å². The molecule has 1 atom stereocenters. The Morgan fingerprint density at radius 3 is 2.75 bits per heavy atom. The molecule has 0 spiro atoms. The van der Waals surface area contributed by atoms with E-state index in [9.17, 15) is 4.79 Å². The van der Waals surface area contributed by atoms with E-state index in [4.69, 9.17) is 5.73 Å². The molecule has 0 saturated carbocycles. The van der Waals surface area contributed by atoms with E-state index in [2.05, 4.69) is 15.4 Å². The largest absolute Gasteiger partial charge is 0.325 e. The van der Waals surface area contributed by atoms with Crippen LogP contribution in [-0.4, -0.2) is 26.7 Å². The van der Waals surface area contributed by atoms with Gasteiger partial charge in [0.25, 0.3) is 0 Å². The molecule has 1 unspecified atom stereocenters. The topological polar surface area (TPSA) is 85.8 Å². The summed E-state index contributed by atoms with van der Waals surface area (Å²) in [6, 6.07) is 7.17. The molecule has 20 heavy (non-hydrogen) atoms. The third-order valence-corrected chi connectivity index (χ3v) is 2.97. The molecule has 6 heteroatoms. The van der Waals surface area contributed by atoms with Crippen LogP contribution >= 0.6 is 0 Å². The van der Waals surface area contributed by atoms with Crippen molar-refractivity contribution in [3.8, 4) is 0 Å². The summed E-state index contributed by atoms with van der Waals surface area (Å²) in [4.78, 5) is 15.7. The predicted molar refractivity (Wildman–Crippen MR) is 77.1 cm³/mol. The minimum Gasteiger partial charge on any atom is -0.325 e. The SMILES string of the molecule is CCCC(N)C(=O)Nc1ccc(Cn2cncn2)cc1. The number of carbonyl (C=O) groups excluding carboxylic acids is 1. The van der Waals surface area contributed by atoms with Crippen LogP contribution in [0, 0.1) is 0 Å². The van der Waals surface area contributed by atoms with Crippen LogP contribution < -0.4 is 11.1 Å². The Balaban J connectivity index is 1.93. The number of aromatic nitrogens is 3. The number of rotatable bonds is 6. The highest BCUT2D eigenvalue weighted by Gasteiger charge is 2.11. The fourth-order valence-corrected chi connectivity index (χ4v) is 1.87. The molecule has 1 heterocycles. The second-order valence-corrected chi connectivity index (χ2v) is 4.67. The summed E-state index contributed by atoms with van der Waals surface area (Å²) in [7, 11) is 0. The van der Waals surface area contributed by atoms with Gasteiger partial charge < -0.3 is 11.1 Å². The molecule has 3 N–H and O–H groups in total. The molecule has 1 aromatic heterocycles. The average molecular weight is 273 g/mol. The number of nitrogens with zero attached hydrogens (tertiary/aromatic N) is 3. The summed E-state index contributed by atoms with van der Waals surface area (Å²) >= 11 is 0. The lowest BCUT2D eigenvalue weighted by Crippen LogP contribution is -2.35. The van der Waals surface area contributed by atoms with Crippen LogP contribution in [0.25, 0.3) is 0 Å². The van der Waals surface area contributed by atoms with Crippen molar-refractivity contribution in [2.75, 3.05) is 5.32 Å². The van der Waals surface area contributed by atoms with Gasteiger partial charge in [0, 0.05) is 5.69 Å². The van der Waals surface area contributed by atoms with Crippen LogP contribution in [0.3, 0.4) is 0 Å². The Hall–Kier alpha value is -2.21. The highest BCUT2D eigenvalue weighted by molar-refractivity contribution is 5.94. The van der Waals surface area contributed by atoms with Crippen molar-refractivity contribution in [1.82, 2.24) is 14.8 Å². The number of hydrogen-bond donors (Lipinski definition) is 2. The van der Waals surface area contributed by atoms with Crippen LogP contribution in [0.1, 0.15) is 25.3 Å². The number of hydrogen-bond acceptors (Lipinski definition) is 4. The first kappa shape index (κ1) is 14.2. The average Bonchev–Trinajstić information content (AvgIpc) is 2.94. The second kappa shape index (κ2) is 6.81. The number of nitrogens with one attached hydrogen (secondary N) is 1. The molecule has 0 fully saturated rings. The van der Waals surface area contributed by atoms with Gasteiger partial charge in [0.1, 0.15) is 12.7 Å². The Bertz CT molecular complexity index is 535. The lowest BCUT2D eigenvalue weighted by molar-refractivity contribution is -0.117. The number of benzene rings is 1. The summed E-state index contributed by atoms with van der Waals surface area (Å²) in [6.45, 7) is 2.66. The standard InChI is InChI=1S/C14H19N5O/c1-2-3-13(15)14(20)18-12-6-4-11(5-7-12)8-19-10-16-9-17-19/h4-7,9-10,13H,2-3,8,15H2,1H3,(H,18,20). The maximum atomic E-state index is 11.8. The van der Waals surface area contributed by atoms with Crippen LogP contribution in [-0.2, 0) is 11.3 Å². The van der Waals surface area contributed by atoms with Crippen LogP contribution in [0.4, 0.5) is 5.69 Å². The molecular formula is C14H19N5O. The fraction of sp³-hybridized carbons (Fsp3) is 0.357. The molecule has 1 amide bonds. The van der Waals surface area contributed by atoms with Crippen LogP contribution in [0.2, 0.25) is 0 Å². The number of anilines is 1. The zero-order valence-corrected chi connectivity index (χ0v) is 11.5. The van der Waals surface area contributed by atoms with E-state index >= 15 is 0 Å². The first-order chi connectivity index (χ1) is 9.69. The van der Waals surface area contributed by atoms with Gasteiger partial charge in [-0.15, -0.1) is 0 Å². The van der Waals surface area contributed by atoms with Crippen molar-refractivity contribution >= 4 is 11.6 Å². The maximum absolute atomic E-state index is 11.8. The molecule has 106 valence electrons. The Morgan fingerprint density at radius 1 is 1.40 bits per heavy atom. The predicted octanol–water partition coefficient (Wildman–Crippen LogP) is 1.39. The Labute approximate surface area is 118 Å². The summed E-state index contributed by atoms with van der Waals surface area (Å²) in [5.74, 6) is -0.143. The van der Waals surface area contributed by atoms with Crippen molar-refractivity contribution in [1.29, 1.82) is 0 Å². The Morgan fingerprint density at radius 2 is 2.15 bits per heavy atom. The molecule has 0 aliphatic heterocycles. The molecule has 6 nitrogen and oxygen atoms in total. The van der Waals surface area contributed by atoms with E-state index in [0.717, 1.165) is 17.7 Å². The molecule has 0 bridgehead atoms. The summed E-state index contributed by atoms with van der Waals surface area (Å²) in [5.41, 5.74) is 7.61. The maximum Gasteiger partial charge on any atom is 0.241 e. The Kier molecular flexibility index (Phi) is 4.84. The van der Waals surface area contributed by atoms with Crippen molar-refractivity contribution in [3.05, 3.63) is 42.5 Å². The van der Waals surface area contributed by atoms with Crippen molar-refractivity contribution in [3.63, 3.8) is 0 Å². The highest BCUT2D eigenvalue weighted by atomic mass is 16.2. The van der Waals surface area contributed by atoms with E-state index < -0.39 is 6.04 Å². The lowest BCUT2D eigenvalue weighted by Gasteiger charge is -2.11. The zero-order chi connectivity index (χ0) is 14.4. The smallest absolute Gasteiger partial charge is 0.241 e. The normalized spacial score (nSPS) is 12.1. The molecule has 0 aliphatic carbocycles. The third-order valence-electron chi connectivity index (χ3n) is 2.97. The van der Waals surface area contributed by atoms with E-state index in [1.165, 1.54) is 6.33 Å². The molecule has 2 aromatic rings. The van der Waals surface area contributed by atoms with Crippen molar-refractivity contribution in [2.24, 2.45) is 5.73 Å². The van der Waals surface area contributed by atoms with Gasteiger partial charge in [-0.05, 0) is 24.1 Å². The lowest BCUT2D eigenvalue weighted by atomic mass is 10.1. The first-order valence-corrected chi connectivity index (χ1v) is 6.67. The van der Waals surface area contributed by atoms with E-state index in [0.29, 0.717) is 13.0 Å². The van der Waals surface area contributed by atoms with E-state index in [1.807, 2.05) is 31.2 Å². The third kappa shape index (κ3) is 3.89. The molecule has 2 rings (SSSR count). The number of amides is 1. The van der Waals surface area contributed by atoms with Gasteiger partial charge in [-0.25, -0.2) is 9.67 Å².